The first-order chi connectivity index (χ1) is 20.5. The molecule has 0 radical (unpaired) electrons. The van der Waals surface area contributed by atoms with E-state index in [1.165, 1.54) is 5.56 Å². The van der Waals surface area contributed by atoms with Gasteiger partial charge in [0, 0.05) is 35.3 Å². The number of nitrogens with one attached hydrogen (secondary N) is 2. The molecule has 2 aromatic heterocycles. The van der Waals surface area contributed by atoms with E-state index in [0.717, 1.165) is 38.2 Å². The molecule has 42 heavy (non-hydrogen) atoms. The van der Waals surface area contributed by atoms with Crippen molar-refractivity contribution in [1.29, 1.82) is 0 Å². The monoisotopic (exact) mass is 635 g/mol. The molecular formula is C34H27BrClN5O. The van der Waals surface area contributed by atoms with Gasteiger partial charge in [0.05, 0.1) is 16.4 Å². The summed E-state index contributed by atoms with van der Waals surface area (Å²) in [5, 5.41) is 11.7. The molecule has 8 heteroatoms. The number of amides is 1. The number of hydrogen-bond acceptors (Lipinski definition) is 4. The van der Waals surface area contributed by atoms with Crippen molar-refractivity contribution in [2.75, 3.05) is 5.32 Å². The fourth-order valence-electron chi connectivity index (χ4n) is 4.83. The van der Waals surface area contributed by atoms with Crippen molar-refractivity contribution in [2.24, 2.45) is 0 Å². The molecule has 208 valence electrons. The number of rotatable bonds is 9. The van der Waals surface area contributed by atoms with E-state index in [1.807, 2.05) is 84.9 Å². The van der Waals surface area contributed by atoms with Gasteiger partial charge in [0.15, 0.2) is 5.65 Å². The van der Waals surface area contributed by atoms with Gasteiger partial charge < -0.3 is 10.6 Å². The molecule has 0 atom stereocenters. The highest BCUT2D eigenvalue weighted by Gasteiger charge is 2.14. The van der Waals surface area contributed by atoms with Gasteiger partial charge >= 0.3 is 0 Å². The Morgan fingerprint density at radius 2 is 1.50 bits per heavy atom. The third kappa shape index (κ3) is 6.22. The van der Waals surface area contributed by atoms with Gasteiger partial charge in [-0.05, 0) is 56.7 Å². The van der Waals surface area contributed by atoms with E-state index in [-0.39, 0.29) is 5.91 Å². The standard InChI is InChI=1S/C34H27BrClN5O/c35-29-22-39-41-32(19-31(40-33(29)41)28-12-6-7-13-30(28)36)37-20-24-14-16-25(17-15-24)21-38-34(42)27-11-5-4-10-26(27)18-23-8-2-1-3-9-23/h1-17,19,22,37H,18,20-21H2,(H,38,42). The lowest BCUT2D eigenvalue weighted by atomic mass is 9.99. The Bertz CT molecular complexity index is 1850. The number of fused-ring (bicyclic) bond motifs is 1. The van der Waals surface area contributed by atoms with Crippen molar-refractivity contribution in [1.82, 2.24) is 19.9 Å². The molecule has 1 amide bonds. The summed E-state index contributed by atoms with van der Waals surface area (Å²) in [6.45, 7) is 1.03. The lowest BCUT2D eigenvalue weighted by molar-refractivity contribution is 0.0950. The number of anilines is 1. The van der Waals surface area contributed by atoms with Crippen LogP contribution in [0.1, 0.15) is 32.6 Å². The molecule has 0 fully saturated rings. The molecule has 0 aliphatic carbocycles. The topological polar surface area (TPSA) is 71.3 Å². The highest BCUT2D eigenvalue weighted by atomic mass is 79.9. The number of carbonyl (C=O) groups is 1. The van der Waals surface area contributed by atoms with Crippen molar-refractivity contribution in [2.45, 2.75) is 19.5 Å². The van der Waals surface area contributed by atoms with Crippen LogP contribution in [-0.4, -0.2) is 20.5 Å². The lowest BCUT2D eigenvalue weighted by Gasteiger charge is -2.13. The maximum Gasteiger partial charge on any atom is 0.251 e. The normalized spacial score (nSPS) is 11.0. The molecule has 4 aromatic carbocycles. The Kier molecular flexibility index (Phi) is 8.30. The number of halogens is 2. The molecule has 2 heterocycles. The smallest absolute Gasteiger partial charge is 0.251 e. The van der Waals surface area contributed by atoms with E-state index in [2.05, 4.69) is 55.9 Å². The highest BCUT2D eigenvalue weighted by Crippen LogP contribution is 2.30. The van der Waals surface area contributed by atoms with Crippen LogP contribution in [-0.2, 0) is 19.5 Å². The van der Waals surface area contributed by atoms with Crippen LogP contribution in [0.5, 0.6) is 0 Å². The van der Waals surface area contributed by atoms with Crippen LogP contribution < -0.4 is 10.6 Å². The van der Waals surface area contributed by atoms with Crippen LogP contribution in [0.2, 0.25) is 5.02 Å². The van der Waals surface area contributed by atoms with E-state index in [9.17, 15) is 4.79 Å². The second kappa shape index (κ2) is 12.6. The first kappa shape index (κ1) is 27.7. The van der Waals surface area contributed by atoms with Crippen LogP contribution in [0.25, 0.3) is 16.9 Å². The number of nitrogens with zero attached hydrogens (tertiary/aromatic N) is 3. The molecule has 6 nitrogen and oxygen atoms in total. The van der Waals surface area contributed by atoms with Crippen molar-refractivity contribution >= 4 is 44.9 Å². The summed E-state index contributed by atoms with van der Waals surface area (Å²) in [4.78, 5) is 17.8. The molecule has 0 bridgehead atoms. The summed E-state index contributed by atoms with van der Waals surface area (Å²) in [6, 6.07) is 35.8. The van der Waals surface area contributed by atoms with Gasteiger partial charge in [0.2, 0.25) is 0 Å². The minimum atomic E-state index is -0.0753. The molecule has 2 N–H and O–H groups in total. The van der Waals surface area contributed by atoms with E-state index < -0.39 is 0 Å². The third-order valence-corrected chi connectivity index (χ3v) is 7.92. The van der Waals surface area contributed by atoms with Gasteiger partial charge in [0.25, 0.3) is 5.91 Å². The molecule has 0 spiro atoms. The van der Waals surface area contributed by atoms with Crippen molar-refractivity contribution < 1.29 is 4.79 Å². The quantitative estimate of drug-likeness (QED) is 0.169. The summed E-state index contributed by atoms with van der Waals surface area (Å²) in [7, 11) is 0. The molecule has 0 saturated carbocycles. The zero-order valence-corrected chi connectivity index (χ0v) is 24.9. The second-order valence-corrected chi connectivity index (χ2v) is 11.2. The van der Waals surface area contributed by atoms with E-state index in [1.54, 1.807) is 10.7 Å². The maximum absolute atomic E-state index is 13.1. The first-order valence-corrected chi connectivity index (χ1v) is 14.7. The number of carbonyl (C=O) groups excluding carboxylic acids is 1. The average molecular weight is 637 g/mol. The second-order valence-electron chi connectivity index (χ2n) is 9.91. The van der Waals surface area contributed by atoms with Gasteiger partial charge in [-0.1, -0.05) is 103 Å². The molecule has 0 saturated heterocycles. The predicted molar refractivity (Wildman–Crippen MR) is 172 cm³/mol. The zero-order chi connectivity index (χ0) is 28.9. The molecule has 0 aliphatic heterocycles. The highest BCUT2D eigenvalue weighted by molar-refractivity contribution is 9.10. The molecular weight excluding hydrogens is 610 g/mol. The zero-order valence-electron chi connectivity index (χ0n) is 22.6. The first-order valence-electron chi connectivity index (χ1n) is 13.6. The Hall–Kier alpha value is -4.46. The minimum Gasteiger partial charge on any atom is -0.366 e. The average Bonchev–Trinajstić information content (AvgIpc) is 3.40. The van der Waals surface area contributed by atoms with Crippen LogP contribution >= 0.6 is 27.5 Å². The van der Waals surface area contributed by atoms with Crippen LogP contribution in [0.4, 0.5) is 5.82 Å². The molecule has 6 aromatic rings. The third-order valence-electron chi connectivity index (χ3n) is 7.03. The Morgan fingerprint density at radius 3 is 2.29 bits per heavy atom. The Morgan fingerprint density at radius 1 is 0.810 bits per heavy atom. The Balaban J connectivity index is 1.12. The van der Waals surface area contributed by atoms with E-state index in [4.69, 9.17) is 16.6 Å². The molecule has 6 rings (SSSR count). The molecule has 0 aliphatic rings. The van der Waals surface area contributed by atoms with Gasteiger partial charge in [-0.3, -0.25) is 4.79 Å². The summed E-state index contributed by atoms with van der Waals surface area (Å²) in [5.41, 5.74) is 7.31. The Labute approximate surface area is 257 Å². The van der Waals surface area contributed by atoms with Crippen molar-refractivity contribution in [3.8, 4) is 11.3 Å². The maximum atomic E-state index is 13.1. The summed E-state index contributed by atoms with van der Waals surface area (Å²) >= 11 is 10.0. The van der Waals surface area contributed by atoms with Crippen LogP contribution in [0, 0.1) is 0 Å². The van der Waals surface area contributed by atoms with Crippen molar-refractivity contribution in [3.05, 3.63) is 153 Å². The van der Waals surface area contributed by atoms with Gasteiger partial charge in [-0.2, -0.15) is 9.61 Å². The minimum absolute atomic E-state index is 0.0753. The number of aromatic nitrogens is 3. The summed E-state index contributed by atoms with van der Waals surface area (Å²) < 4.78 is 2.57. The van der Waals surface area contributed by atoms with E-state index in [0.29, 0.717) is 35.7 Å². The summed E-state index contributed by atoms with van der Waals surface area (Å²) in [6.07, 6.45) is 2.44. The van der Waals surface area contributed by atoms with Crippen LogP contribution in [0.15, 0.2) is 120 Å². The largest absolute Gasteiger partial charge is 0.366 e. The lowest BCUT2D eigenvalue weighted by Crippen LogP contribution is -2.24. The van der Waals surface area contributed by atoms with Crippen molar-refractivity contribution in [3.63, 3.8) is 0 Å². The fourth-order valence-corrected chi connectivity index (χ4v) is 5.41. The fraction of sp³-hybridized carbons (Fsp3) is 0.0882. The predicted octanol–water partition coefficient (Wildman–Crippen LogP) is 7.95. The number of benzene rings is 4. The van der Waals surface area contributed by atoms with Gasteiger partial charge in [-0.15, -0.1) is 0 Å². The van der Waals surface area contributed by atoms with Gasteiger partial charge in [-0.25, -0.2) is 4.98 Å². The van der Waals surface area contributed by atoms with Gasteiger partial charge in [0.1, 0.15) is 5.82 Å². The number of hydrogen-bond donors (Lipinski definition) is 2. The SMILES string of the molecule is O=C(NCc1ccc(CNc2cc(-c3ccccc3Cl)nc3c(Br)cnn23)cc1)c1ccccc1Cc1ccccc1. The van der Waals surface area contributed by atoms with Crippen LogP contribution in [0.3, 0.4) is 0 Å². The summed E-state index contributed by atoms with van der Waals surface area (Å²) in [5.74, 6) is 0.722. The molecule has 0 unspecified atom stereocenters. The van der Waals surface area contributed by atoms with E-state index >= 15 is 0 Å².